The van der Waals surface area contributed by atoms with E-state index in [9.17, 15) is 8.42 Å². The van der Waals surface area contributed by atoms with E-state index in [-0.39, 0.29) is 6.61 Å². The summed E-state index contributed by atoms with van der Waals surface area (Å²) in [6.07, 6.45) is 2.93. The van der Waals surface area contributed by atoms with E-state index in [0.717, 1.165) is 13.1 Å². The first kappa shape index (κ1) is 15.8. The van der Waals surface area contributed by atoms with Crippen LogP contribution in [0.1, 0.15) is 26.2 Å². The Balaban J connectivity index is 2.27. The van der Waals surface area contributed by atoms with E-state index < -0.39 is 10.2 Å². The van der Waals surface area contributed by atoms with Crippen LogP contribution >= 0.6 is 0 Å². The van der Waals surface area contributed by atoms with Crippen LogP contribution in [0.4, 0.5) is 0 Å². The van der Waals surface area contributed by atoms with Crippen LogP contribution in [0.5, 0.6) is 0 Å². The minimum absolute atomic E-state index is 0.00511. The molecule has 6 nitrogen and oxygen atoms in total. The molecular formula is C11H25N3O3S. The molecule has 1 fully saturated rings. The van der Waals surface area contributed by atoms with E-state index in [1.54, 1.807) is 0 Å². The summed E-state index contributed by atoms with van der Waals surface area (Å²) in [5, 5.41) is 8.68. The average molecular weight is 279 g/mol. The molecule has 0 radical (unpaired) electrons. The van der Waals surface area contributed by atoms with Crippen LogP contribution < -0.4 is 4.72 Å². The summed E-state index contributed by atoms with van der Waals surface area (Å²) in [7, 11) is -1.87. The fourth-order valence-corrected chi connectivity index (χ4v) is 2.82. The van der Waals surface area contributed by atoms with E-state index in [1.807, 2.05) is 0 Å². The molecule has 0 aliphatic heterocycles. The highest BCUT2D eigenvalue weighted by atomic mass is 32.2. The van der Waals surface area contributed by atoms with Crippen molar-refractivity contribution >= 4 is 10.2 Å². The molecular weight excluding hydrogens is 254 g/mol. The molecule has 0 heterocycles. The van der Waals surface area contributed by atoms with Crippen molar-refractivity contribution in [3.05, 3.63) is 0 Å². The first-order valence-electron chi connectivity index (χ1n) is 6.57. The van der Waals surface area contributed by atoms with Crippen LogP contribution in [-0.2, 0) is 10.2 Å². The van der Waals surface area contributed by atoms with Crippen molar-refractivity contribution in [1.29, 1.82) is 0 Å². The molecule has 7 heteroatoms. The predicted octanol–water partition coefficient (Wildman–Crippen LogP) is -0.381. The van der Waals surface area contributed by atoms with Gasteiger partial charge in [-0.1, -0.05) is 6.92 Å². The molecule has 1 rings (SSSR count). The summed E-state index contributed by atoms with van der Waals surface area (Å²) in [4.78, 5) is 2.30. The zero-order valence-electron chi connectivity index (χ0n) is 11.3. The quantitative estimate of drug-likeness (QED) is 0.572. The van der Waals surface area contributed by atoms with Crippen LogP contribution in [0, 0.1) is 0 Å². The molecule has 0 unspecified atom stereocenters. The second-order valence-electron chi connectivity index (χ2n) is 4.66. The molecule has 1 aliphatic carbocycles. The van der Waals surface area contributed by atoms with Gasteiger partial charge in [-0.2, -0.15) is 12.7 Å². The number of aliphatic hydroxyl groups is 1. The van der Waals surface area contributed by atoms with Crippen molar-refractivity contribution < 1.29 is 13.5 Å². The molecule has 0 saturated heterocycles. The molecule has 0 aromatic rings. The van der Waals surface area contributed by atoms with E-state index in [2.05, 4.69) is 16.5 Å². The third-order valence-electron chi connectivity index (χ3n) is 3.19. The Morgan fingerprint density at radius 3 is 2.50 bits per heavy atom. The zero-order valence-corrected chi connectivity index (χ0v) is 12.1. The maximum absolute atomic E-state index is 11.8. The lowest BCUT2D eigenvalue weighted by molar-refractivity contribution is 0.273. The van der Waals surface area contributed by atoms with Crippen molar-refractivity contribution in [1.82, 2.24) is 13.9 Å². The molecule has 0 atom stereocenters. The Hall–Kier alpha value is -0.210. The van der Waals surface area contributed by atoms with Gasteiger partial charge >= 0.3 is 0 Å². The summed E-state index contributed by atoms with van der Waals surface area (Å²) in [6.45, 7) is 4.61. The first-order chi connectivity index (χ1) is 8.51. The highest BCUT2D eigenvalue weighted by Gasteiger charge is 2.27. The van der Waals surface area contributed by atoms with Gasteiger partial charge in [-0.15, -0.1) is 0 Å². The maximum Gasteiger partial charge on any atom is 0.279 e. The second-order valence-corrected chi connectivity index (χ2v) is 6.52. The molecule has 0 amide bonds. The molecule has 1 aliphatic rings. The number of hydrogen-bond donors (Lipinski definition) is 2. The predicted molar refractivity (Wildman–Crippen MR) is 71.5 cm³/mol. The summed E-state index contributed by atoms with van der Waals surface area (Å²) in [5.41, 5.74) is 0. The normalized spacial score (nSPS) is 16.7. The topological polar surface area (TPSA) is 72.9 Å². The Kier molecular flexibility index (Phi) is 6.51. The first-order valence-corrected chi connectivity index (χ1v) is 8.01. The fraction of sp³-hybridized carbons (Fsp3) is 1.00. The van der Waals surface area contributed by atoms with Gasteiger partial charge in [0.2, 0.25) is 0 Å². The molecule has 0 aromatic heterocycles. The Morgan fingerprint density at radius 2 is 2.00 bits per heavy atom. The smallest absolute Gasteiger partial charge is 0.279 e. The molecule has 108 valence electrons. The number of likely N-dealkylation sites (N-methyl/N-ethyl adjacent to an activating group) is 1. The molecule has 2 N–H and O–H groups in total. The fourth-order valence-electron chi connectivity index (χ4n) is 1.88. The van der Waals surface area contributed by atoms with Crippen molar-refractivity contribution in [3.8, 4) is 0 Å². The minimum Gasteiger partial charge on any atom is -0.396 e. The van der Waals surface area contributed by atoms with Gasteiger partial charge in [-0.3, -0.25) is 4.90 Å². The van der Waals surface area contributed by atoms with Gasteiger partial charge in [0.25, 0.3) is 10.2 Å². The van der Waals surface area contributed by atoms with E-state index in [1.165, 1.54) is 24.2 Å². The van der Waals surface area contributed by atoms with Crippen molar-refractivity contribution in [2.24, 2.45) is 0 Å². The van der Waals surface area contributed by atoms with Crippen molar-refractivity contribution in [2.45, 2.75) is 32.2 Å². The third-order valence-corrected chi connectivity index (χ3v) is 4.77. The minimum atomic E-state index is -3.40. The second kappa shape index (κ2) is 7.40. The number of nitrogens with zero attached hydrogens (tertiary/aromatic N) is 2. The van der Waals surface area contributed by atoms with Gasteiger partial charge in [-0.25, -0.2) is 4.72 Å². The zero-order chi connectivity index (χ0) is 13.6. The van der Waals surface area contributed by atoms with Gasteiger partial charge in [0, 0.05) is 39.3 Å². The van der Waals surface area contributed by atoms with Crippen molar-refractivity contribution in [3.63, 3.8) is 0 Å². The van der Waals surface area contributed by atoms with E-state index in [0.29, 0.717) is 25.6 Å². The summed E-state index contributed by atoms with van der Waals surface area (Å²) in [6, 6.07) is 0.659. The Labute approximate surface area is 110 Å². The Morgan fingerprint density at radius 1 is 1.33 bits per heavy atom. The largest absolute Gasteiger partial charge is 0.396 e. The summed E-state index contributed by atoms with van der Waals surface area (Å²) >= 11 is 0. The molecule has 0 spiro atoms. The number of hydrogen-bond acceptors (Lipinski definition) is 4. The lowest BCUT2D eigenvalue weighted by Gasteiger charge is -2.21. The van der Waals surface area contributed by atoms with Gasteiger partial charge in [0.05, 0.1) is 0 Å². The number of rotatable bonds is 10. The molecule has 0 aromatic carbocycles. The number of nitrogens with one attached hydrogen (secondary N) is 1. The average Bonchev–Trinajstić information content (AvgIpc) is 3.15. The lowest BCUT2D eigenvalue weighted by Crippen LogP contribution is -2.42. The van der Waals surface area contributed by atoms with E-state index in [4.69, 9.17) is 5.11 Å². The van der Waals surface area contributed by atoms with Crippen LogP contribution in [0.25, 0.3) is 0 Å². The summed E-state index contributed by atoms with van der Waals surface area (Å²) in [5.74, 6) is 0. The van der Waals surface area contributed by atoms with Crippen LogP contribution in [-0.4, -0.2) is 68.6 Å². The van der Waals surface area contributed by atoms with Crippen LogP contribution in [0.3, 0.4) is 0 Å². The lowest BCUT2D eigenvalue weighted by atomic mass is 10.4. The standard InChI is InChI=1S/C11H25N3O3S/c1-3-14(11-5-6-11)9-7-12-18(16,17)13(2)8-4-10-15/h11-12,15H,3-10H2,1-2H3. The number of aliphatic hydroxyl groups excluding tert-OH is 1. The summed E-state index contributed by atoms with van der Waals surface area (Å²) < 4.78 is 27.4. The van der Waals surface area contributed by atoms with Crippen molar-refractivity contribution in [2.75, 3.05) is 39.8 Å². The van der Waals surface area contributed by atoms with Crippen LogP contribution in [0.2, 0.25) is 0 Å². The highest BCUT2D eigenvalue weighted by molar-refractivity contribution is 7.87. The SMILES string of the molecule is CCN(CCNS(=O)(=O)N(C)CCCO)C1CC1. The van der Waals surface area contributed by atoms with Gasteiger partial charge in [-0.05, 0) is 25.8 Å². The van der Waals surface area contributed by atoms with Gasteiger partial charge in [0.1, 0.15) is 0 Å². The van der Waals surface area contributed by atoms with Gasteiger partial charge < -0.3 is 5.11 Å². The van der Waals surface area contributed by atoms with Gasteiger partial charge in [0.15, 0.2) is 0 Å². The van der Waals surface area contributed by atoms with Crippen LogP contribution in [0.15, 0.2) is 0 Å². The monoisotopic (exact) mass is 279 g/mol. The maximum atomic E-state index is 11.8. The molecule has 0 bridgehead atoms. The van der Waals surface area contributed by atoms with E-state index >= 15 is 0 Å². The Bertz CT molecular complexity index is 330. The molecule has 1 saturated carbocycles. The molecule has 18 heavy (non-hydrogen) atoms. The third kappa shape index (κ3) is 5.19. The highest BCUT2D eigenvalue weighted by Crippen LogP contribution is 2.25.